The van der Waals surface area contributed by atoms with Crippen LogP contribution in [0.5, 0.6) is 0 Å². The van der Waals surface area contributed by atoms with Crippen LogP contribution >= 0.6 is 0 Å². The Bertz CT molecular complexity index is 1560. The van der Waals surface area contributed by atoms with E-state index in [4.69, 9.17) is 31.5 Å². The normalized spacial score (nSPS) is 20.1. The fraction of sp³-hybridized carbons (Fsp3) is 0.448. The number of ketones is 1. The second-order valence-corrected chi connectivity index (χ2v) is 12.5. The highest BCUT2D eigenvalue weighted by Gasteiger charge is 2.47. The van der Waals surface area contributed by atoms with E-state index in [1.807, 2.05) is 12.1 Å². The molecule has 0 aromatic heterocycles. The van der Waals surface area contributed by atoms with Gasteiger partial charge in [-0.05, 0) is 35.7 Å². The number of aliphatic carboxylic acids is 1. The monoisotopic (exact) mass is 646 g/mol. The average Bonchev–Trinajstić information content (AvgIpc) is 2.99. The molecule has 2 saturated heterocycles. The number of hydrogen-bond donors (Lipinski definition) is 5. The van der Waals surface area contributed by atoms with E-state index in [1.165, 1.54) is 12.1 Å². The summed E-state index contributed by atoms with van der Waals surface area (Å²) in [7, 11) is -3.93. The zero-order chi connectivity index (χ0) is 33.3. The van der Waals surface area contributed by atoms with E-state index < -0.39 is 51.5 Å². The lowest BCUT2D eigenvalue weighted by Crippen LogP contribution is -2.60. The lowest BCUT2D eigenvalue weighted by Gasteiger charge is -2.38. The number of nitrogens with one attached hydrogen (secondary N) is 2. The minimum absolute atomic E-state index is 0.0365. The second-order valence-electron chi connectivity index (χ2n) is 10.8. The van der Waals surface area contributed by atoms with Gasteiger partial charge in [-0.15, -0.1) is 0 Å². The number of benzene rings is 2. The third-order valence-corrected chi connectivity index (χ3v) is 8.91. The fourth-order valence-corrected chi connectivity index (χ4v) is 6.37. The maximum absolute atomic E-state index is 13.1. The maximum Gasteiger partial charge on any atom is 0.319 e. The lowest BCUT2D eigenvalue weighted by molar-refractivity contribution is -0.163. The summed E-state index contributed by atoms with van der Waals surface area (Å²) in [6.45, 7) is 1.68. The summed E-state index contributed by atoms with van der Waals surface area (Å²) in [4.78, 5) is 62.9. The summed E-state index contributed by atoms with van der Waals surface area (Å²) in [5.41, 5.74) is 11.1. The molecule has 2 heterocycles. The summed E-state index contributed by atoms with van der Waals surface area (Å²) in [5.74, 6) is -5.79. The zero-order valence-electron chi connectivity index (χ0n) is 24.8. The number of sulfonamides is 1. The molecule has 0 spiro atoms. The van der Waals surface area contributed by atoms with Crippen LogP contribution in [-0.2, 0) is 38.7 Å². The molecule has 2 unspecified atom stereocenters. The number of likely N-dealkylation sites (tertiary alicyclic amines) is 2. The molecule has 0 saturated carbocycles. The van der Waals surface area contributed by atoms with Gasteiger partial charge in [-0.2, -0.15) is 0 Å². The number of esters is 1. The van der Waals surface area contributed by atoms with Crippen molar-refractivity contribution in [1.82, 2.24) is 14.5 Å². The van der Waals surface area contributed by atoms with Crippen LogP contribution in [-0.4, -0.2) is 97.6 Å². The van der Waals surface area contributed by atoms with E-state index in [2.05, 4.69) is 4.72 Å². The number of piperidine rings is 2. The summed E-state index contributed by atoms with van der Waals surface area (Å²) in [6.07, 6.45) is 0.977. The second kappa shape index (κ2) is 15.4. The summed E-state index contributed by atoms with van der Waals surface area (Å²) < 4.78 is 33.4. The number of ether oxygens (including phenoxy) is 1. The van der Waals surface area contributed by atoms with Crippen LogP contribution in [0.1, 0.15) is 32.6 Å². The van der Waals surface area contributed by atoms with Crippen molar-refractivity contribution in [2.75, 3.05) is 32.8 Å². The Morgan fingerprint density at radius 3 is 2.40 bits per heavy atom. The Hall–Kier alpha value is -4.57. The van der Waals surface area contributed by atoms with Crippen molar-refractivity contribution in [3.8, 4) is 0 Å². The van der Waals surface area contributed by atoms with E-state index >= 15 is 0 Å². The minimum Gasteiger partial charge on any atom is -0.481 e. The topological polar surface area (TPSA) is 243 Å². The molecule has 16 heteroatoms. The number of hydrogen-bond acceptors (Lipinski definition) is 9. The van der Waals surface area contributed by atoms with E-state index in [-0.39, 0.29) is 49.3 Å². The molecule has 15 nitrogen and oxygen atoms in total. The number of guanidine groups is 1. The summed E-state index contributed by atoms with van der Waals surface area (Å²) >= 11 is 0. The van der Waals surface area contributed by atoms with Crippen molar-refractivity contribution in [2.45, 2.75) is 43.5 Å². The Balaban J connectivity index is 0.00000130. The molecule has 2 aliphatic heterocycles. The first kappa shape index (κ1) is 34.9. The van der Waals surface area contributed by atoms with Crippen LogP contribution in [0.3, 0.4) is 0 Å². The molecule has 45 heavy (non-hydrogen) atoms. The first-order valence-corrected chi connectivity index (χ1v) is 15.7. The smallest absolute Gasteiger partial charge is 0.319 e. The van der Waals surface area contributed by atoms with Crippen LogP contribution in [0, 0.1) is 17.2 Å². The molecule has 2 amide bonds. The van der Waals surface area contributed by atoms with Crippen LogP contribution in [0.2, 0.25) is 0 Å². The van der Waals surface area contributed by atoms with Crippen molar-refractivity contribution in [3.05, 3.63) is 42.5 Å². The number of primary amides is 1. The Morgan fingerprint density at radius 1 is 1.09 bits per heavy atom. The molecule has 2 fully saturated rings. The molecule has 0 aliphatic carbocycles. The van der Waals surface area contributed by atoms with Crippen LogP contribution < -0.4 is 16.2 Å². The van der Waals surface area contributed by atoms with Crippen molar-refractivity contribution in [2.24, 2.45) is 23.3 Å². The largest absolute Gasteiger partial charge is 0.481 e. The lowest BCUT2D eigenvalue weighted by atomic mass is 9.87. The standard InChI is InChI=1S/C27H34N6O7S.C2H4O2/c28-25(36)24-23(26(37)40-16-17-4-3-12-32(15-17)27(29)30)21(34)10-13-33(24)22(35)9-11-31-41(38,39)20-8-7-18-5-1-2-6-19(18)14-20;1-2(3)4/h1-2,5-8,14,17,23-24,31H,3-4,9-13,15-16H2,(H2,28,36)(H3,29,30);1H3,(H,3,4)/t17-,23?,24?;/m0./s1. The van der Waals surface area contributed by atoms with E-state index in [1.54, 1.807) is 23.1 Å². The average molecular weight is 647 g/mol. The first-order chi connectivity index (χ1) is 21.2. The zero-order valence-corrected chi connectivity index (χ0v) is 25.6. The summed E-state index contributed by atoms with van der Waals surface area (Å²) in [5, 5.41) is 16.6. The SMILES string of the molecule is CC(=O)O.N=C(N)N1CCC[C@H](COC(=O)C2C(=O)CCN(C(=O)CCNS(=O)(=O)c3ccc4ccccc4c3)C2C(N)=O)C1. The van der Waals surface area contributed by atoms with Gasteiger partial charge < -0.3 is 31.1 Å². The number of carbonyl (C=O) groups is 5. The third-order valence-electron chi connectivity index (χ3n) is 7.45. The first-order valence-electron chi connectivity index (χ1n) is 14.3. The Kier molecular flexibility index (Phi) is 12.0. The van der Waals surface area contributed by atoms with Gasteiger partial charge in [0, 0.05) is 51.9 Å². The van der Waals surface area contributed by atoms with Gasteiger partial charge in [-0.25, -0.2) is 13.1 Å². The van der Waals surface area contributed by atoms with Crippen molar-refractivity contribution >= 4 is 56.3 Å². The Labute approximate surface area is 260 Å². The molecule has 0 radical (unpaired) electrons. The predicted molar refractivity (Wildman–Crippen MR) is 162 cm³/mol. The molecule has 7 N–H and O–H groups in total. The van der Waals surface area contributed by atoms with Gasteiger partial charge >= 0.3 is 5.97 Å². The van der Waals surface area contributed by atoms with Gasteiger partial charge in [0.25, 0.3) is 5.97 Å². The number of nitrogens with two attached hydrogens (primary N) is 2. The van der Waals surface area contributed by atoms with Gasteiger partial charge in [-0.1, -0.05) is 30.3 Å². The number of amides is 2. The van der Waals surface area contributed by atoms with Crippen molar-refractivity contribution in [3.63, 3.8) is 0 Å². The number of nitrogens with zero attached hydrogens (tertiary/aromatic N) is 2. The number of Topliss-reactive ketones (excluding diaryl/α,β-unsaturated/α-hetero) is 1. The molecule has 4 rings (SSSR count). The van der Waals surface area contributed by atoms with Gasteiger partial charge in [-0.3, -0.25) is 29.4 Å². The highest BCUT2D eigenvalue weighted by atomic mass is 32.2. The number of carboxylic acid groups (broad SMARTS) is 1. The molecule has 2 aliphatic rings. The number of carboxylic acids is 1. The number of fused-ring (bicyclic) bond motifs is 1. The highest BCUT2D eigenvalue weighted by Crippen LogP contribution is 2.25. The molecule has 2 aromatic carbocycles. The van der Waals surface area contributed by atoms with E-state index in [9.17, 15) is 27.6 Å². The Morgan fingerprint density at radius 2 is 1.76 bits per heavy atom. The van der Waals surface area contributed by atoms with Crippen LogP contribution in [0.25, 0.3) is 10.8 Å². The highest BCUT2D eigenvalue weighted by molar-refractivity contribution is 7.89. The van der Waals surface area contributed by atoms with Gasteiger partial charge in [0.05, 0.1) is 11.5 Å². The van der Waals surface area contributed by atoms with Crippen LogP contribution in [0.15, 0.2) is 47.4 Å². The van der Waals surface area contributed by atoms with E-state index in [0.717, 1.165) is 35.4 Å². The quantitative estimate of drug-likeness (QED) is 0.105. The molecule has 2 aromatic rings. The third kappa shape index (κ3) is 9.46. The van der Waals surface area contributed by atoms with Crippen molar-refractivity contribution < 1.29 is 42.2 Å². The van der Waals surface area contributed by atoms with Crippen molar-refractivity contribution in [1.29, 1.82) is 5.41 Å². The fourth-order valence-electron chi connectivity index (χ4n) is 5.30. The number of rotatable bonds is 9. The van der Waals surface area contributed by atoms with E-state index in [0.29, 0.717) is 13.1 Å². The molecular weight excluding hydrogens is 608 g/mol. The molecule has 0 bridgehead atoms. The summed E-state index contributed by atoms with van der Waals surface area (Å²) in [6, 6.07) is 10.4. The van der Waals surface area contributed by atoms with Gasteiger partial charge in [0.15, 0.2) is 11.7 Å². The van der Waals surface area contributed by atoms with Gasteiger partial charge in [0.1, 0.15) is 12.0 Å². The number of carbonyl (C=O) groups excluding carboxylic acids is 4. The predicted octanol–water partition coefficient (Wildman–Crippen LogP) is 0.0193. The molecule has 3 atom stereocenters. The van der Waals surface area contributed by atoms with Gasteiger partial charge in [0.2, 0.25) is 21.8 Å². The van der Waals surface area contributed by atoms with Crippen LogP contribution in [0.4, 0.5) is 0 Å². The minimum atomic E-state index is -3.93. The molecule has 244 valence electrons. The maximum atomic E-state index is 13.1. The molecular formula is C29H38N6O9S.